The number of guanidine groups is 1. The van der Waals surface area contributed by atoms with Crippen LogP contribution in [0.25, 0.3) is 0 Å². The normalized spacial score (nSPS) is 11.1. The molecule has 0 saturated carbocycles. The predicted octanol–water partition coefficient (Wildman–Crippen LogP) is 3.28. The largest absolute Gasteiger partial charge is 0.356 e. The molecule has 0 unspecified atom stereocenters. The van der Waals surface area contributed by atoms with E-state index in [-0.39, 0.29) is 24.0 Å². The van der Waals surface area contributed by atoms with Gasteiger partial charge >= 0.3 is 0 Å². The van der Waals surface area contributed by atoms with Crippen molar-refractivity contribution >= 4 is 41.3 Å². The minimum atomic E-state index is 0. The summed E-state index contributed by atoms with van der Waals surface area (Å²) in [5, 5.41) is 7.86. The van der Waals surface area contributed by atoms with Crippen LogP contribution < -0.4 is 10.6 Å². The molecule has 0 aliphatic rings. The maximum Gasteiger partial charge on any atom is 0.190 e. The van der Waals surface area contributed by atoms with E-state index < -0.39 is 0 Å². The summed E-state index contributed by atoms with van der Waals surface area (Å²) in [6, 6.07) is 0. The van der Waals surface area contributed by atoms with Gasteiger partial charge < -0.3 is 10.6 Å². The molecule has 0 fully saturated rings. The third-order valence-electron chi connectivity index (χ3n) is 3.00. The summed E-state index contributed by atoms with van der Waals surface area (Å²) in [5.41, 5.74) is 1.15. The van der Waals surface area contributed by atoms with Crippen molar-refractivity contribution in [1.82, 2.24) is 15.6 Å². The highest BCUT2D eigenvalue weighted by molar-refractivity contribution is 14.0. The zero-order valence-corrected chi connectivity index (χ0v) is 16.1. The molecule has 1 heterocycles. The van der Waals surface area contributed by atoms with Crippen LogP contribution in [0.15, 0.2) is 4.99 Å². The summed E-state index contributed by atoms with van der Waals surface area (Å²) in [7, 11) is 1.81. The average molecular weight is 410 g/mol. The van der Waals surface area contributed by atoms with Gasteiger partial charge in [-0.2, -0.15) is 0 Å². The standard InChI is InChI=1S/C14H26N4S.HI/c1-5-6-7-9-16-14(15-4)17-10-8-13-18-11(2)12(3)19-13;/h5-10H2,1-4H3,(H2,15,16,17);1H. The highest BCUT2D eigenvalue weighted by Gasteiger charge is 2.03. The second kappa shape index (κ2) is 11.3. The Morgan fingerprint density at radius 3 is 2.45 bits per heavy atom. The quantitative estimate of drug-likeness (QED) is 0.314. The molecule has 0 aromatic carbocycles. The maximum atomic E-state index is 4.54. The lowest BCUT2D eigenvalue weighted by Gasteiger charge is -2.10. The first kappa shape index (κ1) is 19.6. The van der Waals surface area contributed by atoms with Gasteiger partial charge in [0.25, 0.3) is 0 Å². The van der Waals surface area contributed by atoms with Gasteiger partial charge in [-0.15, -0.1) is 35.3 Å². The van der Waals surface area contributed by atoms with Gasteiger partial charge in [0, 0.05) is 31.4 Å². The molecule has 1 aromatic rings. The molecule has 0 spiro atoms. The lowest BCUT2D eigenvalue weighted by molar-refractivity contribution is 0.682. The Morgan fingerprint density at radius 2 is 1.90 bits per heavy atom. The Balaban J connectivity index is 0.00000361. The number of halogens is 1. The maximum absolute atomic E-state index is 4.54. The first-order valence-corrected chi connectivity index (χ1v) is 7.86. The fourth-order valence-corrected chi connectivity index (χ4v) is 2.67. The van der Waals surface area contributed by atoms with Crippen molar-refractivity contribution in [2.24, 2.45) is 4.99 Å². The molecular formula is C14H27IN4S. The van der Waals surface area contributed by atoms with Gasteiger partial charge in [-0.1, -0.05) is 19.8 Å². The number of aryl methyl sites for hydroxylation is 2. The van der Waals surface area contributed by atoms with E-state index in [0.29, 0.717) is 0 Å². The minimum Gasteiger partial charge on any atom is -0.356 e. The van der Waals surface area contributed by atoms with Crippen LogP contribution in [-0.4, -0.2) is 31.1 Å². The monoisotopic (exact) mass is 410 g/mol. The average Bonchev–Trinajstić information content (AvgIpc) is 2.71. The number of rotatable bonds is 7. The Bertz CT molecular complexity index is 384. The summed E-state index contributed by atoms with van der Waals surface area (Å²) in [4.78, 5) is 10.1. The predicted molar refractivity (Wildman–Crippen MR) is 99.6 cm³/mol. The van der Waals surface area contributed by atoms with E-state index in [4.69, 9.17) is 0 Å². The van der Waals surface area contributed by atoms with Crippen LogP contribution in [0.2, 0.25) is 0 Å². The highest BCUT2D eigenvalue weighted by Crippen LogP contribution is 2.16. The molecule has 116 valence electrons. The second-order valence-corrected chi connectivity index (χ2v) is 5.92. The summed E-state index contributed by atoms with van der Waals surface area (Å²) < 4.78 is 0. The van der Waals surface area contributed by atoms with Gasteiger partial charge in [0.2, 0.25) is 0 Å². The Labute approximate surface area is 143 Å². The van der Waals surface area contributed by atoms with Crippen LogP contribution >= 0.6 is 35.3 Å². The highest BCUT2D eigenvalue weighted by atomic mass is 127. The van der Waals surface area contributed by atoms with E-state index in [1.165, 1.54) is 29.1 Å². The van der Waals surface area contributed by atoms with Crippen LogP contribution in [0.5, 0.6) is 0 Å². The molecule has 0 amide bonds. The van der Waals surface area contributed by atoms with Crippen LogP contribution in [0, 0.1) is 13.8 Å². The van der Waals surface area contributed by atoms with E-state index >= 15 is 0 Å². The molecule has 0 bridgehead atoms. The molecule has 1 aromatic heterocycles. The summed E-state index contributed by atoms with van der Waals surface area (Å²) in [5.74, 6) is 0.890. The van der Waals surface area contributed by atoms with Crippen molar-refractivity contribution in [3.63, 3.8) is 0 Å². The van der Waals surface area contributed by atoms with Crippen LogP contribution in [0.3, 0.4) is 0 Å². The first-order valence-electron chi connectivity index (χ1n) is 7.04. The van der Waals surface area contributed by atoms with Crippen molar-refractivity contribution in [2.75, 3.05) is 20.1 Å². The number of unbranched alkanes of at least 4 members (excludes halogenated alkanes) is 2. The van der Waals surface area contributed by atoms with Crippen molar-refractivity contribution in [1.29, 1.82) is 0 Å². The van der Waals surface area contributed by atoms with E-state index in [9.17, 15) is 0 Å². The Kier molecular flexibility index (Phi) is 11.1. The lowest BCUT2D eigenvalue weighted by Crippen LogP contribution is -2.38. The van der Waals surface area contributed by atoms with Crippen molar-refractivity contribution < 1.29 is 0 Å². The van der Waals surface area contributed by atoms with Crippen LogP contribution in [0.4, 0.5) is 0 Å². The van der Waals surface area contributed by atoms with E-state index in [1.807, 2.05) is 7.05 Å². The molecule has 20 heavy (non-hydrogen) atoms. The lowest BCUT2D eigenvalue weighted by atomic mass is 10.2. The molecule has 6 heteroatoms. The van der Waals surface area contributed by atoms with Crippen molar-refractivity contribution in [3.05, 3.63) is 15.6 Å². The fourth-order valence-electron chi connectivity index (χ4n) is 1.74. The van der Waals surface area contributed by atoms with Gasteiger partial charge in [-0.3, -0.25) is 4.99 Å². The van der Waals surface area contributed by atoms with Crippen LogP contribution in [-0.2, 0) is 6.42 Å². The summed E-state index contributed by atoms with van der Waals surface area (Å²) >= 11 is 1.79. The van der Waals surface area contributed by atoms with Gasteiger partial charge in [0.1, 0.15) is 0 Å². The third-order valence-corrected chi connectivity index (χ3v) is 4.13. The van der Waals surface area contributed by atoms with Gasteiger partial charge in [0.15, 0.2) is 5.96 Å². The van der Waals surface area contributed by atoms with E-state index in [2.05, 4.69) is 41.4 Å². The van der Waals surface area contributed by atoms with Gasteiger partial charge in [0.05, 0.1) is 10.7 Å². The molecule has 4 nitrogen and oxygen atoms in total. The van der Waals surface area contributed by atoms with Gasteiger partial charge in [-0.25, -0.2) is 4.98 Å². The number of aromatic nitrogens is 1. The summed E-state index contributed by atoms with van der Waals surface area (Å²) in [6.45, 7) is 8.27. The number of nitrogens with zero attached hydrogens (tertiary/aromatic N) is 2. The molecule has 0 radical (unpaired) electrons. The summed E-state index contributed by atoms with van der Waals surface area (Å²) in [6.07, 6.45) is 4.66. The zero-order chi connectivity index (χ0) is 14.1. The molecule has 0 aliphatic heterocycles. The van der Waals surface area contributed by atoms with Gasteiger partial charge in [-0.05, 0) is 20.3 Å². The number of hydrogen-bond donors (Lipinski definition) is 2. The van der Waals surface area contributed by atoms with Crippen molar-refractivity contribution in [2.45, 2.75) is 46.5 Å². The topological polar surface area (TPSA) is 49.3 Å². The molecule has 0 saturated heterocycles. The van der Waals surface area contributed by atoms with E-state index in [0.717, 1.165) is 31.2 Å². The fraction of sp³-hybridized carbons (Fsp3) is 0.714. The van der Waals surface area contributed by atoms with Crippen LogP contribution in [0.1, 0.15) is 41.8 Å². The zero-order valence-electron chi connectivity index (χ0n) is 13.0. The number of thiazole rings is 1. The molecule has 1 rings (SSSR count). The van der Waals surface area contributed by atoms with Crippen molar-refractivity contribution in [3.8, 4) is 0 Å². The molecule has 2 N–H and O–H groups in total. The number of hydrogen-bond acceptors (Lipinski definition) is 3. The molecule has 0 aliphatic carbocycles. The number of aliphatic imine (C=N–C) groups is 1. The third kappa shape index (κ3) is 7.42. The number of nitrogens with one attached hydrogen (secondary N) is 2. The Hall–Kier alpha value is -0.370. The SMILES string of the molecule is CCCCCNC(=NC)NCCc1nc(C)c(C)s1.I. The van der Waals surface area contributed by atoms with E-state index in [1.54, 1.807) is 11.3 Å². The second-order valence-electron chi connectivity index (χ2n) is 4.63. The molecule has 0 atom stereocenters. The smallest absolute Gasteiger partial charge is 0.190 e. The molecular weight excluding hydrogens is 383 g/mol. The minimum absolute atomic E-state index is 0. The Morgan fingerprint density at radius 1 is 1.20 bits per heavy atom. The first-order chi connectivity index (χ1) is 9.17.